The van der Waals surface area contributed by atoms with Gasteiger partial charge in [-0.05, 0) is 50.7 Å². The lowest BCUT2D eigenvalue weighted by Gasteiger charge is -2.25. The molecule has 0 bridgehead atoms. The molecule has 0 aromatic heterocycles. The number of nitrogens with zero attached hydrogens (tertiary/aromatic N) is 1. The van der Waals surface area contributed by atoms with Crippen molar-refractivity contribution in [1.29, 1.82) is 0 Å². The molecule has 0 unspecified atom stereocenters. The first-order chi connectivity index (χ1) is 10.1. The summed E-state index contributed by atoms with van der Waals surface area (Å²) in [4.78, 5) is 11.0. The highest BCUT2D eigenvalue weighted by molar-refractivity contribution is 5.76. The van der Waals surface area contributed by atoms with Crippen LogP contribution in [-0.2, 0) is 0 Å². The van der Waals surface area contributed by atoms with Gasteiger partial charge >= 0.3 is 5.69 Å². The standard InChI is InChI=1S/C15H23N3O3/c1-2-16-13-4-3-5-14(15(13)18(20)21)17-10-11-6-8-12(19)9-7-11/h3-5,11-12,16-17,19H,2,6-10H2,1H3. The average molecular weight is 293 g/mol. The predicted molar refractivity (Wildman–Crippen MR) is 83.7 cm³/mol. The number of rotatable bonds is 6. The molecule has 2 rings (SSSR count). The zero-order valence-corrected chi connectivity index (χ0v) is 12.3. The lowest BCUT2D eigenvalue weighted by Crippen LogP contribution is -2.23. The van der Waals surface area contributed by atoms with Crippen molar-refractivity contribution in [3.63, 3.8) is 0 Å². The highest BCUT2D eigenvalue weighted by Gasteiger charge is 2.22. The first-order valence-electron chi connectivity index (χ1n) is 7.55. The summed E-state index contributed by atoms with van der Waals surface area (Å²) >= 11 is 0. The number of nitro groups is 1. The van der Waals surface area contributed by atoms with Crippen molar-refractivity contribution in [2.45, 2.75) is 38.7 Å². The number of hydrogen-bond donors (Lipinski definition) is 3. The van der Waals surface area contributed by atoms with Gasteiger partial charge in [0.1, 0.15) is 11.4 Å². The van der Waals surface area contributed by atoms with Crippen molar-refractivity contribution >= 4 is 17.1 Å². The van der Waals surface area contributed by atoms with Crippen molar-refractivity contribution in [2.75, 3.05) is 23.7 Å². The van der Waals surface area contributed by atoms with Crippen LogP contribution < -0.4 is 10.6 Å². The summed E-state index contributed by atoms with van der Waals surface area (Å²) < 4.78 is 0. The summed E-state index contributed by atoms with van der Waals surface area (Å²) in [5.41, 5.74) is 1.21. The third kappa shape index (κ3) is 4.07. The van der Waals surface area contributed by atoms with E-state index in [1.807, 2.05) is 13.0 Å². The van der Waals surface area contributed by atoms with Gasteiger partial charge in [0, 0.05) is 13.1 Å². The number of benzene rings is 1. The zero-order chi connectivity index (χ0) is 15.2. The Labute approximate surface area is 124 Å². The highest BCUT2D eigenvalue weighted by Crippen LogP contribution is 2.33. The molecule has 0 radical (unpaired) electrons. The van der Waals surface area contributed by atoms with Crippen LogP contribution in [0, 0.1) is 16.0 Å². The summed E-state index contributed by atoms with van der Waals surface area (Å²) in [5.74, 6) is 0.468. The molecule has 1 aliphatic rings. The number of anilines is 2. The van der Waals surface area contributed by atoms with E-state index in [2.05, 4.69) is 10.6 Å². The van der Waals surface area contributed by atoms with Crippen molar-refractivity contribution in [3.05, 3.63) is 28.3 Å². The Balaban J connectivity index is 2.05. The van der Waals surface area contributed by atoms with E-state index in [-0.39, 0.29) is 16.7 Å². The quantitative estimate of drug-likeness (QED) is 0.554. The summed E-state index contributed by atoms with van der Waals surface area (Å²) in [6.07, 6.45) is 3.41. The molecule has 0 heterocycles. The topological polar surface area (TPSA) is 87.4 Å². The van der Waals surface area contributed by atoms with E-state index in [1.54, 1.807) is 12.1 Å². The maximum atomic E-state index is 11.3. The molecule has 0 spiro atoms. The van der Waals surface area contributed by atoms with Crippen molar-refractivity contribution < 1.29 is 10.0 Å². The third-order valence-corrected chi connectivity index (χ3v) is 3.98. The molecule has 1 fully saturated rings. The van der Waals surface area contributed by atoms with Crippen LogP contribution in [-0.4, -0.2) is 29.2 Å². The number of nitrogens with one attached hydrogen (secondary N) is 2. The normalized spacial score (nSPS) is 21.8. The van der Waals surface area contributed by atoms with Crippen LogP contribution in [0.15, 0.2) is 18.2 Å². The predicted octanol–water partition coefficient (Wildman–Crippen LogP) is 2.99. The molecule has 0 amide bonds. The first kappa shape index (κ1) is 15.6. The van der Waals surface area contributed by atoms with Crippen LogP contribution in [0.3, 0.4) is 0 Å². The van der Waals surface area contributed by atoms with Gasteiger partial charge in [0.25, 0.3) is 0 Å². The van der Waals surface area contributed by atoms with Gasteiger partial charge < -0.3 is 15.7 Å². The Morgan fingerprint density at radius 1 is 1.24 bits per heavy atom. The zero-order valence-electron chi connectivity index (χ0n) is 12.3. The maximum absolute atomic E-state index is 11.3. The molecule has 3 N–H and O–H groups in total. The molecule has 21 heavy (non-hydrogen) atoms. The van der Waals surface area contributed by atoms with Gasteiger partial charge in [-0.3, -0.25) is 10.1 Å². The molecular weight excluding hydrogens is 270 g/mol. The molecule has 6 heteroatoms. The fourth-order valence-electron chi connectivity index (χ4n) is 2.82. The fourth-order valence-corrected chi connectivity index (χ4v) is 2.82. The van der Waals surface area contributed by atoms with E-state index < -0.39 is 0 Å². The van der Waals surface area contributed by atoms with Crippen LogP contribution in [0.1, 0.15) is 32.6 Å². The summed E-state index contributed by atoms with van der Waals surface area (Å²) in [6.45, 7) is 3.27. The number of hydrogen-bond acceptors (Lipinski definition) is 5. The van der Waals surface area contributed by atoms with Crippen LogP contribution in [0.4, 0.5) is 17.1 Å². The van der Waals surface area contributed by atoms with E-state index in [9.17, 15) is 15.2 Å². The van der Waals surface area contributed by atoms with E-state index in [1.165, 1.54) is 0 Å². The number of aliphatic hydroxyl groups excluding tert-OH is 1. The second kappa shape index (κ2) is 7.26. The van der Waals surface area contributed by atoms with Gasteiger partial charge in [-0.1, -0.05) is 6.07 Å². The van der Waals surface area contributed by atoms with E-state index in [0.717, 1.165) is 25.7 Å². The Bertz CT molecular complexity index is 485. The van der Waals surface area contributed by atoms with Crippen molar-refractivity contribution in [2.24, 2.45) is 5.92 Å². The smallest absolute Gasteiger partial charge is 0.315 e. The summed E-state index contributed by atoms with van der Waals surface area (Å²) in [6, 6.07) is 5.29. The Hall–Kier alpha value is -1.82. The van der Waals surface area contributed by atoms with Crippen LogP contribution in [0.2, 0.25) is 0 Å². The average Bonchev–Trinajstić information content (AvgIpc) is 2.47. The van der Waals surface area contributed by atoms with E-state index in [4.69, 9.17) is 0 Å². The van der Waals surface area contributed by atoms with Crippen LogP contribution >= 0.6 is 0 Å². The minimum Gasteiger partial charge on any atom is -0.393 e. The minimum absolute atomic E-state index is 0.107. The maximum Gasteiger partial charge on any atom is 0.315 e. The van der Waals surface area contributed by atoms with Gasteiger partial charge in [-0.15, -0.1) is 0 Å². The van der Waals surface area contributed by atoms with E-state index >= 15 is 0 Å². The molecule has 0 atom stereocenters. The molecule has 116 valence electrons. The van der Waals surface area contributed by atoms with Crippen LogP contribution in [0.5, 0.6) is 0 Å². The molecule has 1 aromatic carbocycles. The van der Waals surface area contributed by atoms with Crippen molar-refractivity contribution in [1.82, 2.24) is 0 Å². The van der Waals surface area contributed by atoms with Crippen molar-refractivity contribution in [3.8, 4) is 0 Å². The van der Waals surface area contributed by atoms with Gasteiger partial charge in [0.05, 0.1) is 11.0 Å². The molecule has 1 aromatic rings. The first-order valence-corrected chi connectivity index (χ1v) is 7.55. The number of aliphatic hydroxyl groups is 1. The fraction of sp³-hybridized carbons (Fsp3) is 0.600. The molecule has 0 saturated heterocycles. The van der Waals surface area contributed by atoms with Gasteiger partial charge in [0.2, 0.25) is 0 Å². The minimum atomic E-state index is -0.342. The largest absolute Gasteiger partial charge is 0.393 e. The Morgan fingerprint density at radius 2 is 1.86 bits per heavy atom. The molecular formula is C15H23N3O3. The highest BCUT2D eigenvalue weighted by atomic mass is 16.6. The SMILES string of the molecule is CCNc1cccc(NCC2CCC(O)CC2)c1[N+](=O)[O-]. The van der Waals surface area contributed by atoms with E-state index in [0.29, 0.717) is 30.4 Å². The molecule has 6 nitrogen and oxygen atoms in total. The molecule has 0 aliphatic heterocycles. The Morgan fingerprint density at radius 3 is 2.43 bits per heavy atom. The third-order valence-electron chi connectivity index (χ3n) is 3.98. The van der Waals surface area contributed by atoms with Gasteiger partial charge in [0.15, 0.2) is 0 Å². The number of nitro benzene ring substituents is 1. The molecule has 1 saturated carbocycles. The Kier molecular flexibility index (Phi) is 5.38. The monoisotopic (exact) mass is 293 g/mol. The van der Waals surface area contributed by atoms with Gasteiger partial charge in [-0.25, -0.2) is 0 Å². The lowest BCUT2D eigenvalue weighted by atomic mass is 9.87. The second-order valence-electron chi connectivity index (χ2n) is 5.54. The number of para-hydroxylation sites is 1. The summed E-state index contributed by atoms with van der Waals surface area (Å²) in [5, 5.41) is 27.1. The van der Waals surface area contributed by atoms with Gasteiger partial charge in [-0.2, -0.15) is 0 Å². The second-order valence-corrected chi connectivity index (χ2v) is 5.54. The molecule has 1 aliphatic carbocycles. The lowest BCUT2D eigenvalue weighted by molar-refractivity contribution is -0.383. The van der Waals surface area contributed by atoms with Crippen LogP contribution in [0.25, 0.3) is 0 Å². The summed E-state index contributed by atoms with van der Waals surface area (Å²) in [7, 11) is 0.